The molecule has 1 N–H and O–H groups in total. The van der Waals surface area contributed by atoms with Crippen molar-refractivity contribution in [1.82, 2.24) is 4.98 Å². The molecule has 0 unspecified atom stereocenters. The Morgan fingerprint density at radius 2 is 1.81 bits per heavy atom. The Kier molecular flexibility index (Phi) is 2.22. The van der Waals surface area contributed by atoms with Gasteiger partial charge in [-0.3, -0.25) is 0 Å². The molecule has 2 aromatic rings. The van der Waals surface area contributed by atoms with Crippen LogP contribution in [0.25, 0.3) is 10.8 Å². The third kappa shape index (κ3) is 1.66. The minimum Gasteiger partial charge on any atom is -0.493 e. The van der Waals surface area contributed by atoms with Crippen LogP contribution in [0.15, 0.2) is 24.4 Å². The summed E-state index contributed by atoms with van der Waals surface area (Å²) in [5, 5.41) is 8.71. The molecule has 1 heterocycles. The first-order valence-corrected chi connectivity index (χ1v) is 4.24. The lowest BCUT2D eigenvalue weighted by Crippen LogP contribution is -2.06. The molecule has 2 rings (SSSR count). The van der Waals surface area contributed by atoms with Gasteiger partial charge < -0.3 is 5.11 Å². The molecule has 0 aliphatic rings. The van der Waals surface area contributed by atoms with Crippen LogP contribution in [0.3, 0.4) is 0 Å². The fourth-order valence-corrected chi connectivity index (χ4v) is 1.47. The van der Waals surface area contributed by atoms with Crippen molar-refractivity contribution < 1.29 is 22.7 Å². The summed E-state index contributed by atoms with van der Waals surface area (Å²) in [6, 6.07) is 2.28. The Balaban J connectivity index is 2.89. The molecule has 6 heteroatoms. The van der Waals surface area contributed by atoms with E-state index in [1.165, 1.54) is 0 Å². The van der Waals surface area contributed by atoms with Crippen LogP contribution in [0.2, 0.25) is 0 Å². The molecule has 16 heavy (non-hydrogen) atoms. The van der Waals surface area contributed by atoms with Crippen molar-refractivity contribution in [2.75, 3.05) is 0 Å². The highest BCUT2D eigenvalue weighted by Crippen LogP contribution is 2.37. The van der Waals surface area contributed by atoms with E-state index in [0.29, 0.717) is 6.07 Å². The highest BCUT2D eigenvalue weighted by atomic mass is 19.4. The maximum atomic E-state index is 13.0. The molecule has 0 saturated carbocycles. The zero-order valence-electron chi connectivity index (χ0n) is 7.72. The Morgan fingerprint density at radius 1 is 1.12 bits per heavy atom. The van der Waals surface area contributed by atoms with E-state index < -0.39 is 23.4 Å². The molecule has 0 fully saturated rings. The topological polar surface area (TPSA) is 33.1 Å². The minimum atomic E-state index is -4.67. The number of rotatable bonds is 0. The van der Waals surface area contributed by atoms with Crippen molar-refractivity contribution in [2.45, 2.75) is 6.18 Å². The number of hydrogen-bond donors (Lipinski definition) is 1. The largest absolute Gasteiger partial charge is 0.493 e. The lowest BCUT2D eigenvalue weighted by atomic mass is 10.1. The molecule has 0 saturated heterocycles. The molecule has 0 bridgehead atoms. The van der Waals surface area contributed by atoms with E-state index >= 15 is 0 Å². The zero-order chi connectivity index (χ0) is 11.9. The summed E-state index contributed by atoms with van der Waals surface area (Å²) in [7, 11) is 0. The van der Waals surface area contributed by atoms with Crippen molar-refractivity contribution in [3.8, 4) is 5.88 Å². The Labute approximate surface area is 87.2 Å². The molecule has 1 aromatic heterocycles. The molecule has 0 amide bonds. The lowest BCUT2D eigenvalue weighted by molar-refractivity contribution is -0.136. The number of pyridine rings is 1. The Morgan fingerprint density at radius 3 is 2.44 bits per heavy atom. The predicted molar refractivity (Wildman–Crippen MR) is 48.4 cm³/mol. The van der Waals surface area contributed by atoms with Gasteiger partial charge in [0, 0.05) is 17.0 Å². The van der Waals surface area contributed by atoms with Gasteiger partial charge in [-0.2, -0.15) is 13.2 Å². The standard InChI is InChI=1S/C10H5F4NO/c11-5-3-7-6(1-2-15-9(7)16)8(4-5)10(12,13)14/h1-4H,(H,15,16). The summed E-state index contributed by atoms with van der Waals surface area (Å²) in [5.41, 5.74) is -1.12. The quantitative estimate of drug-likeness (QED) is 0.706. The van der Waals surface area contributed by atoms with Crippen molar-refractivity contribution in [1.29, 1.82) is 0 Å². The van der Waals surface area contributed by atoms with E-state index in [4.69, 9.17) is 0 Å². The normalized spacial score (nSPS) is 12.0. The highest BCUT2D eigenvalue weighted by molar-refractivity contribution is 5.89. The Hall–Kier alpha value is -1.85. The second-order valence-corrected chi connectivity index (χ2v) is 3.18. The molecule has 0 aliphatic heterocycles. The van der Waals surface area contributed by atoms with Crippen molar-refractivity contribution in [3.63, 3.8) is 0 Å². The number of halogens is 4. The number of aromatic nitrogens is 1. The molecular weight excluding hydrogens is 226 g/mol. The van der Waals surface area contributed by atoms with Crippen molar-refractivity contribution >= 4 is 10.8 Å². The smallest absolute Gasteiger partial charge is 0.417 e. The van der Waals surface area contributed by atoms with Crippen LogP contribution in [0.4, 0.5) is 17.6 Å². The number of alkyl halides is 3. The molecular formula is C10H5F4NO. The van der Waals surface area contributed by atoms with E-state index in [9.17, 15) is 22.7 Å². The fraction of sp³-hybridized carbons (Fsp3) is 0.100. The van der Waals surface area contributed by atoms with E-state index in [-0.39, 0.29) is 10.8 Å². The maximum Gasteiger partial charge on any atom is 0.417 e. The minimum absolute atomic E-state index is 0.255. The van der Waals surface area contributed by atoms with Gasteiger partial charge in [0.2, 0.25) is 5.88 Å². The second-order valence-electron chi connectivity index (χ2n) is 3.18. The van der Waals surface area contributed by atoms with Crippen LogP contribution in [0.1, 0.15) is 5.56 Å². The first-order valence-electron chi connectivity index (χ1n) is 4.24. The number of nitrogens with zero attached hydrogens (tertiary/aromatic N) is 1. The van der Waals surface area contributed by atoms with Gasteiger partial charge in [-0.15, -0.1) is 0 Å². The van der Waals surface area contributed by atoms with E-state index in [2.05, 4.69) is 4.98 Å². The molecule has 1 aromatic carbocycles. The monoisotopic (exact) mass is 231 g/mol. The SMILES string of the molecule is Oc1nccc2c(C(F)(F)F)cc(F)cc12. The average molecular weight is 231 g/mol. The van der Waals surface area contributed by atoms with E-state index in [0.717, 1.165) is 18.3 Å². The van der Waals surface area contributed by atoms with E-state index in [1.807, 2.05) is 0 Å². The van der Waals surface area contributed by atoms with Crippen LogP contribution in [0, 0.1) is 5.82 Å². The lowest BCUT2D eigenvalue weighted by Gasteiger charge is -2.10. The number of hydrogen-bond acceptors (Lipinski definition) is 2. The highest BCUT2D eigenvalue weighted by Gasteiger charge is 2.33. The molecule has 0 spiro atoms. The number of benzene rings is 1. The summed E-state index contributed by atoms with van der Waals surface area (Å²) in [6.07, 6.45) is -3.64. The number of aromatic hydroxyl groups is 1. The summed E-state index contributed by atoms with van der Waals surface area (Å²) >= 11 is 0. The van der Waals surface area contributed by atoms with Crippen LogP contribution in [-0.2, 0) is 6.18 Å². The van der Waals surface area contributed by atoms with Gasteiger partial charge >= 0.3 is 6.18 Å². The zero-order valence-corrected chi connectivity index (χ0v) is 7.72. The maximum absolute atomic E-state index is 13.0. The molecule has 0 aliphatic carbocycles. The molecule has 0 atom stereocenters. The first-order chi connectivity index (χ1) is 7.39. The summed E-state index contributed by atoms with van der Waals surface area (Å²) in [4.78, 5) is 3.39. The van der Waals surface area contributed by atoms with Gasteiger partial charge in [-0.1, -0.05) is 0 Å². The predicted octanol–water partition coefficient (Wildman–Crippen LogP) is 3.10. The van der Waals surface area contributed by atoms with Crippen LogP contribution in [-0.4, -0.2) is 10.1 Å². The third-order valence-electron chi connectivity index (χ3n) is 2.13. The number of fused-ring (bicyclic) bond motifs is 1. The Bertz CT molecular complexity index is 550. The van der Waals surface area contributed by atoms with Crippen LogP contribution in [0.5, 0.6) is 5.88 Å². The third-order valence-corrected chi connectivity index (χ3v) is 2.13. The van der Waals surface area contributed by atoms with Gasteiger partial charge in [-0.05, 0) is 18.2 Å². The van der Waals surface area contributed by atoms with Crippen molar-refractivity contribution in [2.24, 2.45) is 0 Å². The summed E-state index contributed by atoms with van der Waals surface area (Å²) in [6.45, 7) is 0. The summed E-state index contributed by atoms with van der Waals surface area (Å²) < 4.78 is 50.7. The van der Waals surface area contributed by atoms with E-state index in [1.54, 1.807) is 0 Å². The van der Waals surface area contributed by atoms with Crippen LogP contribution < -0.4 is 0 Å². The van der Waals surface area contributed by atoms with Gasteiger partial charge in [0.05, 0.1) is 5.56 Å². The fourth-order valence-electron chi connectivity index (χ4n) is 1.47. The average Bonchev–Trinajstić information content (AvgIpc) is 2.17. The molecule has 84 valence electrons. The first kappa shape index (κ1) is 10.7. The summed E-state index contributed by atoms with van der Waals surface area (Å²) in [5.74, 6) is -1.69. The van der Waals surface area contributed by atoms with Crippen LogP contribution >= 0.6 is 0 Å². The van der Waals surface area contributed by atoms with Gasteiger partial charge in [0.25, 0.3) is 0 Å². The van der Waals surface area contributed by atoms with Crippen molar-refractivity contribution in [3.05, 3.63) is 35.8 Å². The van der Waals surface area contributed by atoms with Gasteiger partial charge in [0.15, 0.2) is 0 Å². The molecule has 2 nitrogen and oxygen atoms in total. The van der Waals surface area contributed by atoms with Gasteiger partial charge in [0.1, 0.15) is 5.82 Å². The van der Waals surface area contributed by atoms with Gasteiger partial charge in [-0.25, -0.2) is 9.37 Å². The molecule has 0 radical (unpaired) electrons. The second kappa shape index (κ2) is 3.33.